The molecule has 4 rings (SSSR count). The summed E-state index contributed by atoms with van der Waals surface area (Å²) in [5.41, 5.74) is 3.18. The highest BCUT2D eigenvalue weighted by molar-refractivity contribution is 5.87. The summed E-state index contributed by atoms with van der Waals surface area (Å²) in [5, 5.41) is 4.17. The van der Waals surface area contributed by atoms with Crippen LogP contribution in [0.15, 0.2) is 36.7 Å². The first-order valence-corrected chi connectivity index (χ1v) is 8.20. The molecular formula is C19H19N3O3. The molecule has 0 spiro atoms. The first-order valence-electron chi connectivity index (χ1n) is 8.20. The minimum absolute atomic E-state index is 0.495. The van der Waals surface area contributed by atoms with Crippen LogP contribution in [-0.2, 0) is 6.42 Å². The Morgan fingerprint density at radius 3 is 2.68 bits per heavy atom. The Balaban J connectivity index is 1.74. The van der Waals surface area contributed by atoms with Crippen molar-refractivity contribution in [1.29, 1.82) is 0 Å². The molecular weight excluding hydrogens is 318 g/mol. The molecule has 1 aromatic heterocycles. The number of aromatic nitrogens is 2. The first kappa shape index (κ1) is 15.5. The molecule has 2 aromatic carbocycles. The fourth-order valence-corrected chi connectivity index (χ4v) is 3.07. The molecule has 0 saturated carbocycles. The van der Waals surface area contributed by atoms with Crippen LogP contribution in [0.25, 0.3) is 10.9 Å². The van der Waals surface area contributed by atoms with E-state index in [1.165, 1.54) is 17.6 Å². The Morgan fingerprint density at radius 2 is 1.84 bits per heavy atom. The number of ether oxygens (including phenoxy) is 3. The van der Waals surface area contributed by atoms with Crippen LogP contribution in [-0.4, -0.2) is 30.7 Å². The quantitative estimate of drug-likeness (QED) is 0.781. The zero-order valence-electron chi connectivity index (χ0n) is 14.2. The molecule has 0 radical (unpaired) electrons. The molecule has 128 valence electrons. The Morgan fingerprint density at radius 1 is 1.00 bits per heavy atom. The summed E-state index contributed by atoms with van der Waals surface area (Å²) in [6.07, 6.45) is 3.67. The molecule has 0 atom stereocenters. The molecule has 0 bridgehead atoms. The molecule has 1 aliphatic rings. The lowest BCUT2D eigenvalue weighted by Crippen LogP contribution is -2.11. The molecule has 2 heterocycles. The van der Waals surface area contributed by atoms with Crippen LogP contribution in [0, 0.1) is 0 Å². The predicted octanol–water partition coefficient (Wildman–Crippen LogP) is 3.80. The summed E-state index contributed by atoms with van der Waals surface area (Å²) in [4.78, 5) is 8.60. The van der Waals surface area contributed by atoms with E-state index in [1.807, 2.05) is 18.2 Å². The van der Waals surface area contributed by atoms with Gasteiger partial charge in [-0.25, -0.2) is 9.97 Å². The zero-order chi connectivity index (χ0) is 17.2. The third-order valence-corrected chi connectivity index (χ3v) is 4.33. The van der Waals surface area contributed by atoms with Crippen molar-refractivity contribution in [3.63, 3.8) is 0 Å². The molecule has 0 amide bonds. The van der Waals surface area contributed by atoms with E-state index in [0.29, 0.717) is 17.4 Å². The number of fused-ring (bicyclic) bond motifs is 2. The fourth-order valence-electron chi connectivity index (χ4n) is 3.07. The molecule has 1 N–H and O–H groups in total. The van der Waals surface area contributed by atoms with Crippen LogP contribution in [0.5, 0.6) is 23.1 Å². The summed E-state index contributed by atoms with van der Waals surface area (Å²) in [6, 6.07) is 9.72. The summed E-state index contributed by atoms with van der Waals surface area (Å²) in [7, 11) is 3.20. The van der Waals surface area contributed by atoms with Crippen molar-refractivity contribution in [2.75, 3.05) is 26.1 Å². The van der Waals surface area contributed by atoms with Crippen molar-refractivity contribution in [1.82, 2.24) is 9.97 Å². The van der Waals surface area contributed by atoms with Gasteiger partial charge in [-0.05, 0) is 42.7 Å². The van der Waals surface area contributed by atoms with Gasteiger partial charge in [0.2, 0.25) is 5.88 Å². The van der Waals surface area contributed by atoms with E-state index in [0.717, 1.165) is 36.0 Å². The minimum Gasteiger partial charge on any atom is -0.493 e. The average Bonchev–Trinajstić information content (AvgIpc) is 2.67. The SMILES string of the molecule is COc1cc2ncnc(Oc3ccc4c(c3)CCCN4)c2cc1OC. The summed E-state index contributed by atoms with van der Waals surface area (Å²) >= 11 is 0. The van der Waals surface area contributed by atoms with E-state index < -0.39 is 0 Å². The van der Waals surface area contributed by atoms with Crippen LogP contribution in [0.1, 0.15) is 12.0 Å². The van der Waals surface area contributed by atoms with Crippen LogP contribution in [0.2, 0.25) is 0 Å². The number of methoxy groups -OCH3 is 2. The lowest BCUT2D eigenvalue weighted by Gasteiger charge is -2.18. The van der Waals surface area contributed by atoms with Gasteiger partial charge in [0.1, 0.15) is 12.1 Å². The average molecular weight is 337 g/mol. The number of nitrogens with zero attached hydrogens (tertiary/aromatic N) is 2. The number of nitrogens with one attached hydrogen (secondary N) is 1. The molecule has 0 saturated heterocycles. The molecule has 0 aliphatic carbocycles. The van der Waals surface area contributed by atoms with Gasteiger partial charge >= 0.3 is 0 Å². The maximum absolute atomic E-state index is 6.06. The van der Waals surface area contributed by atoms with Crippen LogP contribution in [0.4, 0.5) is 5.69 Å². The second kappa shape index (κ2) is 6.47. The Kier molecular flexibility index (Phi) is 4.01. The summed E-state index contributed by atoms with van der Waals surface area (Å²) in [5.74, 6) is 2.50. The van der Waals surface area contributed by atoms with E-state index in [9.17, 15) is 0 Å². The molecule has 0 unspecified atom stereocenters. The topological polar surface area (TPSA) is 65.5 Å². The van der Waals surface area contributed by atoms with E-state index in [1.54, 1.807) is 14.2 Å². The largest absolute Gasteiger partial charge is 0.493 e. The number of rotatable bonds is 4. The molecule has 0 fully saturated rings. The fraction of sp³-hybridized carbons (Fsp3) is 0.263. The van der Waals surface area contributed by atoms with Crippen LogP contribution < -0.4 is 19.5 Å². The van der Waals surface area contributed by atoms with Crippen molar-refractivity contribution >= 4 is 16.6 Å². The molecule has 25 heavy (non-hydrogen) atoms. The van der Waals surface area contributed by atoms with E-state index in [-0.39, 0.29) is 0 Å². The lowest BCUT2D eigenvalue weighted by molar-refractivity contribution is 0.355. The Labute approximate surface area is 145 Å². The van der Waals surface area contributed by atoms with Crippen molar-refractivity contribution in [3.8, 4) is 23.1 Å². The van der Waals surface area contributed by atoms with Gasteiger partial charge < -0.3 is 19.5 Å². The third kappa shape index (κ3) is 2.91. The normalized spacial score (nSPS) is 13.0. The smallest absolute Gasteiger partial charge is 0.230 e. The predicted molar refractivity (Wildman–Crippen MR) is 96.0 cm³/mol. The standard InChI is InChI=1S/C19H19N3O3/c1-23-17-9-14-16(10-18(17)24-2)21-11-22-19(14)25-13-5-6-15-12(8-13)4-3-7-20-15/h5-6,8-11,20H,3-4,7H2,1-2H3. The van der Waals surface area contributed by atoms with E-state index in [2.05, 4.69) is 27.4 Å². The van der Waals surface area contributed by atoms with Crippen molar-refractivity contribution < 1.29 is 14.2 Å². The van der Waals surface area contributed by atoms with Gasteiger partial charge in [0.05, 0.1) is 25.1 Å². The van der Waals surface area contributed by atoms with E-state index in [4.69, 9.17) is 14.2 Å². The highest BCUT2D eigenvalue weighted by Gasteiger charge is 2.14. The van der Waals surface area contributed by atoms with Crippen molar-refractivity contribution in [2.45, 2.75) is 12.8 Å². The van der Waals surface area contributed by atoms with Gasteiger partial charge in [-0.3, -0.25) is 0 Å². The van der Waals surface area contributed by atoms with Crippen molar-refractivity contribution in [3.05, 3.63) is 42.2 Å². The number of aryl methyl sites for hydroxylation is 1. The number of hydrogen-bond acceptors (Lipinski definition) is 6. The minimum atomic E-state index is 0.495. The summed E-state index contributed by atoms with van der Waals surface area (Å²) < 4.78 is 16.8. The molecule has 6 heteroatoms. The Hall–Kier alpha value is -3.02. The van der Waals surface area contributed by atoms with E-state index >= 15 is 0 Å². The molecule has 3 aromatic rings. The number of anilines is 1. The van der Waals surface area contributed by atoms with Gasteiger partial charge in [0.15, 0.2) is 11.5 Å². The first-order chi connectivity index (χ1) is 12.3. The number of hydrogen-bond donors (Lipinski definition) is 1. The maximum atomic E-state index is 6.06. The molecule has 6 nitrogen and oxygen atoms in total. The van der Waals surface area contributed by atoms with Gasteiger partial charge in [-0.1, -0.05) is 0 Å². The third-order valence-electron chi connectivity index (χ3n) is 4.33. The highest BCUT2D eigenvalue weighted by atomic mass is 16.5. The van der Waals surface area contributed by atoms with Gasteiger partial charge in [-0.15, -0.1) is 0 Å². The number of benzene rings is 2. The van der Waals surface area contributed by atoms with Crippen molar-refractivity contribution in [2.24, 2.45) is 0 Å². The second-order valence-corrected chi connectivity index (χ2v) is 5.85. The van der Waals surface area contributed by atoms with Gasteiger partial charge in [0.25, 0.3) is 0 Å². The monoisotopic (exact) mass is 337 g/mol. The maximum Gasteiger partial charge on any atom is 0.230 e. The van der Waals surface area contributed by atoms with Gasteiger partial charge in [-0.2, -0.15) is 0 Å². The second-order valence-electron chi connectivity index (χ2n) is 5.85. The van der Waals surface area contributed by atoms with Crippen LogP contribution >= 0.6 is 0 Å². The zero-order valence-corrected chi connectivity index (χ0v) is 14.2. The Bertz CT molecular complexity index is 927. The summed E-state index contributed by atoms with van der Waals surface area (Å²) in [6.45, 7) is 1.02. The van der Waals surface area contributed by atoms with Crippen LogP contribution in [0.3, 0.4) is 0 Å². The molecule has 1 aliphatic heterocycles. The highest BCUT2D eigenvalue weighted by Crippen LogP contribution is 2.36. The van der Waals surface area contributed by atoms with Gasteiger partial charge in [0, 0.05) is 18.3 Å². The lowest BCUT2D eigenvalue weighted by atomic mass is 10.0.